The van der Waals surface area contributed by atoms with Crippen LogP contribution >= 0.6 is 11.8 Å². The molecule has 1 heterocycles. The Bertz CT molecular complexity index is 1060. The van der Waals surface area contributed by atoms with Gasteiger partial charge in [0.05, 0.1) is 23.9 Å². The molecular formula is C29H47N3O5S2. The van der Waals surface area contributed by atoms with Gasteiger partial charge in [-0.1, -0.05) is 44.4 Å². The van der Waals surface area contributed by atoms with E-state index in [-0.39, 0.29) is 29.8 Å². The van der Waals surface area contributed by atoms with Crippen LogP contribution in [0.15, 0.2) is 35.2 Å². The van der Waals surface area contributed by atoms with Crippen molar-refractivity contribution in [1.82, 2.24) is 15.5 Å². The predicted molar refractivity (Wildman–Crippen MR) is 157 cm³/mol. The summed E-state index contributed by atoms with van der Waals surface area (Å²) in [4.78, 5) is 29.5. The number of nitrogens with zero attached hydrogens (tertiary/aromatic N) is 1. The van der Waals surface area contributed by atoms with Crippen molar-refractivity contribution in [2.45, 2.75) is 88.4 Å². The molecule has 39 heavy (non-hydrogen) atoms. The van der Waals surface area contributed by atoms with Gasteiger partial charge in [-0.2, -0.15) is 0 Å². The lowest BCUT2D eigenvalue weighted by Crippen LogP contribution is -2.60. The van der Waals surface area contributed by atoms with Crippen LogP contribution in [-0.2, 0) is 19.4 Å². The Morgan fingerprint density at radius 2 is 1.77 bits per heavy atom. The number of thioether (sulfide) groups is 1. The number of nitrogens with one attached hydrogen (secondary N) is 2. The minimum Gasteiger partial charge on any atom is -0.390 e. The van der Waals surface area contributed by atoms with Gasteiger partial charge in [0.2, 0.25) is 11.8 Å². The van der Waals surface area contributed by atoms with Crippen LogP contribution in [0, 0.1) is 17.8 Å². The number of aliphatic hydroxyl groups excluding tert-OH is 1. The molecule has 10 heteroatoms. The monoisotopic (exact) mass is 581 g/mol. The number of piperidine rings is 1. The number of amides is 2. The van der Waals surface area contributed by atoms with Crippen molar-refractivity contribution in [3.05, 3.63) is 30.3 Å². The van der Waals surface area contributed by atoms with Gasteiger partial charge in [-0.05, 0) is 57.6 Å². The van der Waals surface area contributed by atoms with Gasteiger partial charge in [-0.25, -0.2) is 8.42 Å². The first-order chi connectivity index (χ1) is 18.2. The minimum absolute atomic E-state index is 0.0141. The third kappa shape index (κ3) is 10.4. The summed E-state index contributed by atoms with van der Waals surface area (Å²) < 4.78 is 23.6. The second kappa shape index (κ2) is 13.8. The zero-order chi connectivity index (χ0) is 28.8. The SMILES string of the molecule is CC(CS(C)(=O)=O)C(=O)NC(CSc1ccccc1)C(O)CN1CC2CCCCC2CC1C(=O)NC(C)(C)C. The Morgan fingerprint density at radius 3 is 2.38 bits per heavy atom. The van der Waals surface area contributed by atoms with Gasteiger partial charge in [0.25, 0.3) is 0 Å². The van der Waals surface area contributed by atoms with Gasteiger partial charge in [-0.15, -0.1) is 11.8 Å². The highest BCUT2D eigenvalue weighted by Gasteiger charge is 2.41. The fraction of sp³-hybridized carbons (Fsp3) is 0.724. The molecule has 3 N–H and O–H groups in total. The van der Waals surface area contributed by atoms with E-state index in [1.807, 2.05) is 51.1 Å². The Morgan fingerprint density at radius 1 is 1.13 bits per heavy atom. The molecule has 0 radical (unpaired) electrons. The second-order valence-corrected chi connectivity index (χ2v) is 15.8. The van der Waals surface area contributed by atoms with Crippen molar-refractivity contribution in [2.24, 2.45) is 17.8 Å². The molecule has 220 valence electrons. The summed E-state index contributed by atoms with van der Waals surface area (Å²) in [5.74, 6) is 0.0412. The largest absolute Gasteiger partial charge is 0.390 e. The molecule has 6 unspecified atom stereocenters. The van der Waals surface area contributed by atoms with Crippen LogP contribution in [0.3, 0.4) is 0 Å². The third-order valence-corrected chi connectivity index (χ3v) is 9.93. The van der Waals surface area contributed by atoms with Crippen LogP contribution in [0.25, 0.3) is 0 Å². The van der Waals surface area contributed by atoms with E-state index in [0.29, 0.717) is 17.6 Å². The second-order valence-electron chi connectivity index (χ2n) is 12.5. The van der Waals surface area contributed by atoms with E-state index < -0.39 is 33.8 Å². The first kappa shape index (κ1) is 31.9. The number of fused-ring (bicyclic) bond motifs is 1. The summed E-state index contributed by atoms with van der Waals surface area (Å²) in [7, 11) is -3.33. The van der Waals surface area contributed by atoms with Gasteiger partial charge in [0, 0.05) is 41.5 Å². The Labute approximate surface area is 239 Å². The summed E-state index contributed by atoms with van der Waals surface area (Å²) in [6.45, 7) is 8.51. The Kier molecular flexibility index (Phi) is 11.3. The normalized spacial score (nSPS) is 24.7. The molecule has 1 aromatic rings. The van der Waals surface area contributed by atoms with Crippen molar-refractivity contribution >= 4 is 33.4 Å². The number of hydrogen-bond donors (Lipinski definition) is 3. The molecule has 3 rings (SSSR count). The quantitative estimate of drug-likeness (QED) is 0.344. The number of benzene rings is 1. The lowest BCUT2D eigenvalue weighted by Gasteiger charge is -2.47. The van der Waals surface area contributed by atoms with Crippen molar-refractivity contribution in [2.75, 3.05) is 30.9 Å². The molecule has 2 amide bonds. The molecule has 1 aromatic carbocycles. The number of aliphatic hydroxyl groups is 1. The number of β-amino-alcohol motifs (C(OH)–C–C–N with tert-alkyl or cyclic N) is 1. The molecule has 1 aliphatic carbocycles. The maximum absolute atomic E-state index is 13.4. The molecule has 6 atom stereocenters. The van der Waals surface area contributed by atoms with Crippen molar-refractivity contribution in [3.63, 3.8) is 0 Å². The van der Waals surface area contributed by atoms with Crippen molar-refractivity contribution in [1.29, 1.82) is 0 Å². The average molecular weight is 582 g/mol. The molecule has 8 nitrogen and oxygen atoms in total. The van der Waals surface area contributed by atoms with Gasteiger partial charge in [0.15, 0.2) is 0 Å². The average Bonchev–Trinajstić information content (AvgIpc) is 2.84. The Balaban J connectivity index is 1.77. The topological polar surface area (TPSA) is 116 Å². The highest BCUT2D eigenvalue weighted by molar-refractivity contribution is 7.99. The highest BCUT2D eigenvalue weighted by atomic mass is 32.2. The first-order valence-electron chi connectivity index (χ1n) is 14.1. The lowest BCUT2D eigenvalue weighted by atomic mass is 9.72. The Hall–Kier alpha value is -1.62. The maximum atomic E-state index is 13.4. The van der Waals surface area contributed by atoms with E-state index in [2.05, 4.69) is 15.5 Å². The summed E-state index contributed by atoms with van der Waals surface area (Å²) in [5.41, 5.74) is -0.358. The number of carbonyl (C=O) groups is 2. The fourth-order valence-corrected chi connectivity index (χ4v) is 7.89. The molecule has 2 aliphatic rings. The molecule has 0 spiro atoms. The van der Waals surface area contributed by atoms with Crippen LogP contribution < -0.4 is 10.6 Å². The van der Waals surface area contributed by atoms with E-state index in [0.717, 1.165) is 37.0 Å². The molecule has 0 bridgehead atoms. The minimum atomic E-state index is -3.33. The zero-order valence-electron chi connectivity index (χ0n) is 24.1. The molecule has 2 fully saturated rings. The molecule has 1 saturated heterocycles. The van der Waals surface area contributed by atoms with E-state index in [4.69, 9.17) is 0 Å². The van der Waals surface area contributed by atoms with Gasteiger partial charge in [0.1, 0.15) is 9.84 Å². The van der Waals surface area contributed by atoms with Crippen LogP contribution in [-0.4, -0.2) is 84.8 Å². The van der Waals surface area contributed by atoms with E-state index in [9.17, 15) is 23.1 Å². The van der Waals surface area contributed by atoms with Gasteiger partial charge in [-0.3, -0.25) is 14.5 Å². The van der Waals surface area contributed by atoms with Gasteiger partial charge < -0.3 is 15.7 Å². The zero-order valence-corrected chi connectivity index (χ0v) is 25.7. The molecule has 0 aromatic heterocycles. The highest BCUT2D eigenvalue weighted by Crippen LogP contribution is 2.39. The number of likely N-dealkylation sites (tertiary alicyclic amines) is 1. The predicted octanol–water partition coefficient (Wildman–Crippen LogP) is 3.10. The summed E-state index contributed by atoms with van der Waals surface area (Å²) in [6.07, 6.45) is 5.64. The number of rotatable bonds is 11. The summed E-state index contributed by atoms with van der Waals surface area (Å²) in [6, 6.07) is 8.82. The van der Waals surface area contributed by atoms with E-state index in [1.165, 1.54) is 24.6 Å². The van der Waals surface area contributed by atoms with E-state index in [1.54, 1.807) is 6.92 Å². The summed E-state index contributed by atoms with van der Waals surface area (Å²) in [5, 5.41) is 17.6. The smallest absolute Gasteiger partial charge is 0.237 e. The van der Waals surface area contributed by atoms with Crippen LogP contribution in [0.1, 0.15) is 59.8 Å². The van der Waals surface area contributed by atoms with Crippen molar-refractivity contribution < 1.29 is 23.1 Å². The first-order valence-corrected chi connectivity index (χ1v) is 17.2. The molecule has 1 saturated carbocycles. The van der Waals surface area contributed by atoms with Crippen LogP contribution in [0.4, 0.5) is 0 Å². The number of sulfone groups is 1. The summed E-state index contributed by atoms with van der Waals surface area (Å²) >= 11 is 1.53. The fourth-order valence-electron chi connectivity index (χ4n) is 5.80. The van der Waals surface area contributed by atoms with Crippen molar-refractivity contribution in [3.8, 4) is 0 Å². The standard InChI is InChI=1S/C29H47N3O5S2/c1-20(19-39(5,36)37)27(34)30-24(18-38-23-13-7-6-8-14-23)26(33)17-32-16-22-12-10-9-11-21(22)15-25(32)28(35)31-29(2,3)4/h6-8,13-14,20-22,24-26,33H,9-12,15-19H2,1-5H3,(H,30,34)(H,31,35). The van der Waals surface area contributed by atoms with Crippen LogP contribution in [0.5, 0.6) is 0 Å². The van der Waals surface area contributed by atoms with E-state index >= 15 is 0 Å². The third-order valence-electron chi connectivity index (χ3n) is 7.69. The number of carbonyl (C=O) groups excluding carboxylic acids is 2. The van der Waals surface area contributed by atoms with Crippen LogP contribution in [0.2, 0.25) is 0 Å². The van der Waals surface area contributed by atoms with Gasteiger partial charge >= 0.3 is 0 Å². The molecular weight excluding hydrogens is 534 g/mol. The number of hydrogen-bond acceptors (Lipinski definition) is 7. The maximum Gasteiger partial charge on any atom is 0.237 e. The molecule has 1 aliphatic heterocycles. The lowest BCUT2D eigenvalue weighted by molar-refractivity contribution is -0.133.